The van der Waals surface area contributed by atoms with E-state index in [-0.39, 0.29) is 5.56 Å². The van der Waals surface area contributed by atoms with Gasteiger partial charge in [-0.05, 0) is 32.0 Å². The molecule has 1 aromatic heterocycles. The molecule has 0 saturated carbocycles. The third-order valence-corrected chi connectivity index (χ3v) is 3.90. The molecule has 2 aromatic rings. The van der Waals surface area contributed by atoms with Crippen molar-refractivity contribution in [3.63, 3.8) is 0 Å². The lowest BCUT2D eigenvalue weighted by Crippen LogP contribution is -2.06. The van der Waals surface area contributed by atoms with Gasteiger partial charge in [-0.1, -0.05) is 0 Å². The van der Waals surface area contributed by atoms with Crippen molar-refractivity contribution in [3.05, 3.63) is 45.2 Å². The summed E-state index contributed by atoms with van der Waals surface area (Å²) in [6.45, 7) is 4.49. The first-order valence-electron chi connectivity index (χ1n) is 6.06. The first-order valence-corrected chi connectivity index (χ1v) is 6.87. The van der Waals surface area contributed by atoms with Gasteiger partial charge in [-0.25, -0.2) is 14.2 Å². The van der Waals surface area contributed by atoms with Gasteiger partial charge in [0.2, 0.25) is 0 Å². The van der Waals surface area contributed by atoms with Crippen LogP contribution in [0.15, 0.2) is 18.2 Å². The summed E-state index contributed by atoms with van der Waals surface area (Å²) in [5.74, 6) is -1.27. The SMILES string of the molecule is COC(=O)c1cc(NCc2sc(C)nc2C)ccc1F. The smallest absolute Gasteiger partial charge is 0.340 e. The van der Waals surface area contributed by atoms with Gasteiger partial charge < -0.3 is 10.1 Å². The molecule has 0 aliphatic heterocycles. The van der Waals surface area contributed by atoms with Gasteiger partial charge in [0.15, 0.2) is 0 Å². The van der Waals surface area contributed by atoms with E-state index >= 15 is 0 Å². The Balaban J connectivity index is 2.14. The summed E-state index contributed by atoms with van der Waals surface area (Å²) in [5.41, 5.74) is 1.57. The van der Waals surface area contributed by atoms with Crippen LogP contribution >= 0.6 is 11.3 Å². The van der Waals surface area contributed by atoms with Crippen LogP contribution in [0, 0.1) is 19.7 Å². The predicted molar refractivity (Wildman–Crippen MR) is 76.7 cm³/mol. The van der Waals surface area contributed by atoms with Gasteiger partial charge in [-0.15, -0.1) is 11.3 Å². The fourth-order valence-corrected chi connectivity index (χ4v) is 2.70. The first-order chi connectivity index (χ1) is 9.51. The number of ether oxygens (including phenoxy) is 1. The van der Waals surface area contributed by atoms with E-state index < -0.39 is 11.8 Å². The minimum atomic E-state index is -0.684. The molecule has 0 fully saturated rings. The number of anilines is 1. The highest BCUT2D eigenvalue weighted by Crippen LogP contribution is 2.20. The number of carbonyl (C=O) groups is 1. The number of aromatic nitrogens is 1. The zero-order chi connectivity index (χ0) is 14.7. The zero-order valence-corrected chi connectivity index (χ0v) is 12.3. The molecule has 6 heteroatoms. The third-order valence-electron chi connectivity index (χ3n) is 2.82. The molecule has 20 heavy (non-hydrogen) atoms. The maximum Gasteiger partial charge on any atom is 0.340 e. The highest BCUT2D eigenvalue weighted by molar-refractivity contribution is 7.11. The van der Waals surface area contributed by atoms with E-state index in [9.17, 15) is 9.18 Å². The molecule has 0 spiro atoms. The fourth-order valence-electron chi connectivity index (χ4n) is 1.82. The van der Waals surface area contributed by atoms with Crippen LogP contribution in [0.2, 0.25) is 0 Å². The molecule has 106 valence electrons. The molecule has 2 rings (SSSR count). The van der Waals surface area contributed by atoms with Gasteiger partial charge in [0.05, 0.1) is 29.9 Å². The summed E-state index contributed by atoms with van der Waals surface area (Å²) >= 11 is 1.61. The second kappa shape index (κ2) is 6.00. The molecule has 4 nitrogen and oxygen atoms in total. The Morgan fingerprint density at radius 3 is 2.80 bits per heavy atom. The summed E-state index contributed by atoms with van der Waals surface area (Å²) in [5, 5.41) is 4.17. The molecule has 0 amide bonds. The number of benzene rings is 1. The van der Waals surface area contributed by atoms with Crippen LogP contribution in [0.25, 0.3) is 0 Å². The molecule has 0 aliphatic rings. The van der Waals surface area contributed by atoms with Crippen molar-refractivity contribution in [2.75, 3.05) is 12.4 Å². The fraction of sp³-hybridized carbons (Fsp3) is 0.286. The van der Waals surface area contributed by atoms with Gasteiger partial charge in [0, 0.05) is 10.6 Å². The Hall–Kier alpha value is -1.95. The largest absolute Gasteiger partial charge is 0.465 e. The maximum absolute atomic E-state index is 13.5. The van der Waals surface area contributed by atoms with Crippen LogP contribution in [-0.4, -0.2) is 18.1 Å². The minimum absolute atomic E-state index is 0.0743. The van der Waals surface area contributed by atoms with Crippen LogP contribution < -0.4 is 5.32 Å². The van der Waals surface area contributed by atoms with Gasteiger partial charge in [0.1, 0.15) is 5.82 Å². The number of nitrogens with zero attached hydrogens (tertiary/aromatic N) is 1. The van der Waals surface area contributed by atoms with Crippen molar-refractivity contribution in [1.29, 1.82) is 0 Å². The molecule has 0 saturated heterocycles. The number of rotatable bonds is 4. The van der Waals surface area contributed by atoms with Crippen molar-refractivity contribution in [3.8, 4) is 0 Å². The van der Waals surface area contributed by atoms with Crippen LogP contribution in [0.3, 0.4) is 0 Å². The average molecular weight is 294 g/mol. The van der Waals surface area contributed by atoms with E-state index in [1.54, 1.807) is 17.4 Å². The van der Waals surface area contributed by atoms with Crippen LogP contribution in [0.1, 0.15) is 25.9 Å². The van der Waals surface area contributed by atoms with Gasteiger partial charge in [0.25, 0.3) is 0 Å². The monoisotopic (exact) mass is 294 g/mol. The summed E-state index contributed by atoms with van der Waals surface area (Å²) in [6.07, 6.45) is 0. The van der Waals surface area contributed by atoms with Crippen molar-refractivity contribution in [1.82, 2.24) is 4.98 Å². The highest BCUT2D eigenvalue weighted by atomic mass is 32.1. The molecule has 0 unspecified atom stereocenters. The Bertz CT molecular complexity index is 640. The molecule has 1 N–H and O–H groups in total. The number of aryl methyl sites for hydroxylation is 2. The number of hydrogen-bond acceptors (Lipinski definition) is 5. The topological polar surface area (TPSA) is 51.2 Å². The summed E-state index contributed by atoms with van der Waals surface area (Å²) in [7, 11) is 1.23. The number of nitrogens with one attached hydrogen (secondary N) is 1. The Morgan fingerprint density at radius 1 is 1.45 bits per heavy atom. The van der Waals surface area contributed by atoms with Crippen LogP contribution in [0.5, 0.6) is 0 Å². The van der Waals surface area contributed by atoms with Gasteiger partial charge in [-0.3, -0.25) is 0 Å². The van der Waals surface area contributed by atoms with Crippen molar-refractivity contribution < 1.29 is 13.9 Å². The van der Waals surface area contributed by atoms with E-state index in [1.165, 1.54) is 19.2 Å². The molecule has 1 aromatic carbocycles. The Kier molecular flexibility index (Phi) is 4.34. The molecule has 0 atom stereocenters. The second-order valence-corrected chi connectivity index (χ2v) is 5.57. The lowest BCUT2D eigenvalue weighted by atomic mass is 10.2. The van der Waals surface area contributed by atoms with Crippen molar-refractivity contribution in [2.45, 2.75) is 20.4 Å². The number of methoxy groups -OCH3 is 1. The maximum atomic E-state index is 13.5. The number of thiazole rings is 1. The van der Waals surface area contributed by atoms with Crippen molar-refractivity contribution >= 4 is 23.0 Å². The molecule has 0 bridgehead atoms. The van der Waals surface area contributed by atoms with E-state index in [4.69, 9.17) is 0 Å². The molecule has 0 radical (unpaired) electrons. The van der Waals surface area contributed by atoms with Crippen LogP contribution in [0.4, 0.5) is 10.1 Å². The number of halogens is 1. The van der Waals surface area contributed by atoms with Gasteiger partial charge in [-0.2, -0.15) is 0 Å². The third kappa shape index (κ3) is 3.14. The number of hydrogen-bond donors (Lipinski definition) is 1. The summed E-state index contributed by atoms with van der Waals surface area (Å²) < 4.78 is 18.0. The molecular weight excluding hydrogens is 279 g/mol. The normalized spacial score (nSPS) is 10.4. The summed E-state index contributed by atoms with van der Waals surface area (Å²) in [4.78, 5) is 16.9. The van der Waals surface area contributed by atoms with Gasteiger partial charge >= 0.3 is 5.97 Å². The van der Waals surface area contributed by atoms with E-state index in [1.807, 2.05) is 13.8 Å². The summed E-state index contributed by atoms with van der Waals surface area (Å²) in [6, 6.07) is 4.29. The second-order valence-electron chi connectivity index (χ2n) is 4.28. The van der Waals surface area contributed by atoms with E-state index in [0.29, 0.717) is 12.2 Å². The average Bonchev–Trinajstić information content (AvgIpc) is 2.75. The van der Waals surface area contributed by atoms with E-state index in [2.05, 4.69) is 15.0 Å². The van der Waals surface area contributed by atoms with Crippen LogP contribution in [-0.2, 0) is 11.3 Å². The minimum Gasteiger partial charge on any atom is -0.465 e. The molecule has 1 heterocycles. The lowest BCUT2D eigenvalue weighted by Gasteiger charge is -2.08. The lowest BCUT2D eigenvalue weighted by molar-refractivity contribution is 0.0595. The Morgan fingerprint density at radius 2 is 2.20 bits per heavy atom. The standard InChI is InChI=1S/C14H15FN2O2S/c1-8-13(20-9(2)17-8)7-16-10-4-5-12(15)11(6-10)14(18)19-3/h4-6,16H,7H2,1-3H3. The zero-order valence-electron chi connectivity index (χ0n) is 11.5. The van der Waals surface area contributed by atoms with Crippen molar-refractivity contribution in [2.24, 2.45) is 0 Å². The predicted octanol–water partition coefficient (Wildman–Crippen LogP) is 3.30. The first kappa shape index (κ1) is 14.5. The number of esters is 1. The molecule has 0 aliphatic carbocycles. The van der Waals surface area contributed by atoms with E-state index in [0.717, 1.165) is 15.6 Å². The molecular formula is C14H15FN2O2S. The number of carbonyl (C=O) groups excluding carboxylic acids is 1. The Labute approximate surface area is 120 Å². The highest BCUT2D eigenvalue weighted by Gasteiger charge is 2.13. The quantitative estimate of drug-likeness (QED) is 0.879.